The minimum atomic E-state index is -0.477. The normalized spacial score (nSPS) is 11.7. The van der Waals surface area contributed by atoms with Crippen LogP contribution in [-0.2, 0) is 9.53 Å². The van der Waals surface area contributed by atoms with Crippen molar-refractivity contribution >= 4 is 17.6 Å². The van der Waals surface area contributed by atoms with E-state index in [0.29, 0.717) is 5.02 Å². The second-order valence-electron chi connectivity index (χ2n) is 4.32. The number of esters is 1. The molecule has 0 amide bonds. The summed E-state index contributed by atoms with van der Waals surface area (Å²) < 4.78 is 5.20. The smallest absolute Gasteiger partial charge is 0.318 e. The Bertz CT molecular complexity index is 593. The fourth-order valence-electron chi connectivity index (χ4n) is 2.02. The van der Waals surface area contributed by atoms with Crippen LogP contribution in [0, 0.1) is 0 Å². The van der Waals surface area contributed by atoms with Gasteiger partial charge in [-0.3, -0.25) is 4.79 Å². The predicted molar refractivity (Wildman–Crippen MR) is 80.9 cm³/mol. The molecule has 0 spiro atoms. The van der Waals surface area contributed by atoms with E-state index in [1.807, 2.05) is 42.5 Å². The second kappa shape index (κ2) is 6.92. The van der Waals surface area contributed by atoms with Crippen LogP contribution in [0.2, 0.25) is 5.02 Å². The molecule has 0 heterocycles. The van der Waals surface area contributed by atoms with Gasteiger partial charge < -0.3 is 4.74 Å². The van der Waals surface area contributed by atoms with Crippen molar-refractivity contribution in [2.45, 2.75) is 5.92 Å². The fraction of sp³-hybridized carbons (Fsp3) is 0.118. The van der Waals surface area contributed by atoms with E-state index in [4.69, 9.17) is 16.3 Å². The molecule has 20 heavy (non-hydrogen) atoms. The largest absolute Gasteiger partial charge is 0.461 e. The van der Waals surface area contributed by atoms with Gasteiger partial charge in [-0.05, 0) is 23.3 Å². The molecule has 0 aliphatic carbocycles. The van der Waals surface area contributed by atoms with Gasteiger partial charge in [-0.2, -0.15) is 0 Å². The van der Waals surface area contributed by atoms with E-state index in [-0.39, 0.29) is 12.6 Å². The first kappa shape index (κ1) is 14.4. The van der Waals surface area contributed by atoms with Crippen LogP contribution >= 0.6 is 11.6 Å². The number of hydrogen-bond acceptors (Lipinski definition) is 2. The van der Waals surface area contributed by atoms with Crippen molar-refractivity contribution in [2.75, 3.05) is 6.61 Å². The van der Waals surface area contributed by atoms with Gasteiger partial charge in [0.15, 0.2) is 0 Å². The van der Waals surface area contributed by atoms with E-state index < -0.39 is 5.92 Å². The highest BCUT2D eigenvalue weighted by atomic mass is 35.5. The Morgan fingerprint density at radius 1 is 1.15 bits per heavy atom. The van der Waals surface area contributed by atoms with Crippen LogP contribution in [0.1, 0.15) is 17.0 Å². The molecule has 0 bridgehead atoms. The summed E-state index contributed by atoms with van der Waals surface area (Å²) in [7, 11) is 0. The van der Waals surface area contributed by atoms with Crippen LogP contribution in [0.3, 0.4) is 0 Å². The quantitative estimate of drug-likeness (QED) is 0.608. The molecule has 2 aromatic carbocycles. The Morgan fingerprint density at radius 2 is 1.85 bits per heavy atom. The first-order chi connectivity index (χ1) is 9.72. The summed E-state index contributed by atoms with van der Waals surface area (Å²) in [4.78, 5) is 12.3. The molecule has 0 N–H and O–H groups in total. The summed E-state index contributed by atoms with van der Waals surface area (Å²) in [6, 6.07) is 16.8. The minimum absolute atomic E-state index is 0.197. The Kier molecular flexibility index (Phi) is 4.97. The average molecular weight is 287 g/mol. The van der Waals surface area contributed by atoms with Crippen molar-refractivity contribution in [2.24, 2.45) is 0 Å². The molecule has 0 radical (unpaired) electrons. The number of halogens is 1. The van der Waals surface area contributed by atoms with Crippen molar-refractivity contribution in [3.63, 3.8) is 0 Å². The van der Waals surface area contributed by atoms with Gasteiger partial charge in [0, 0.05) is 5.02 Å². The summed E-state index contributed by atoms with van der Waals surface area (Å²) in [5.41, 5.74) is 1.70. The van der Waals surface area contributed by atoms with Crippen LogP contribution < -0.4 is 0 Å². The van der Waals surface area contributed by atoms with Crippen molar-refractivity contribution < 1.29 is 9.53 Å². The average Bonchev–Trinajstić information content (AvgIpc) is 2.46. The molecule has 0 aromatic heterocycles. The van der Waals surface area contributed by atoms with Crippen LogP contribution in [-0.4, -0.2) is 12.6 Å². The topological polar surface area (TPSA) is 26.3 Å². The highest BCUT2D eigenvalue weighted by molar-refractivity contribution is 6.30. The van der Waals surface area contributed by atoms with E-state index in [9.17, 15) is 4.79 Å². The van der Waals surface area contributed by atoms with Gasteiger partial charge in [-0.15, -0.1) is 0 Å². The van der Waals surface area contributed by atoms with E-state index in [1.54, 1.807) is 18.2 Å². The van der Waals surface area contributed by atoms with Crippen LogP contribution in [0.4, 0.5) is 0 Å². The first-order valence-electron chi connectivity index (χ1n) is 6.30. The fourth-order valence-corrected chi connectivity index (χ4v) is 2.22. The number of hydrogen-bond donors (Lipinski definition) is 0. The summed E-state index contributed by atoms with van der Waals surface area (Å²) in [6.45, 7) is 3.75. The zero-order valence-electron chi connectivity index (χ0n) is 11.0. The van der Waals surface area contributed by atoms with Gasteiger partial charge in [0.2, 0.25) is 0 Å². The maximum atomic E-state index is 12.3. The van der Waals surface area contributed by atoms with Crippen LogP contribution in [0.15, 0.2) is 67.3 Å². The third-order valence-electron chi connectivity index (χ3n) is 2.89. The maximum absolute atomic E-state index is 12.3. The van der Waals surface area contributed by atoms with Crippen LogP contribution in [0.25, 0.3) is 0 Å². The maximum Gasteiger partial charge on any atom is 0.318 e. The zero-order chi connectivity index (χ0) is 14.4. The van der Waals surface area contributed by atoms with Gasteiger partial charge >= 0.3 is 5.97 Å². The Labute approximate surface area is 123 Å². The summed E-state index contributed by atoms with van der Waals surface area (Å²) in [6.07, 6.45) is 1.55. The molecule has 0 fully saturated rings. The molecule has 2 rings (SSSR count). The molecular weight excluding hydrogens is 272 g/mol. The molecule has 0 aliphatic heterocycles. The molecule has 1 unspecified atom stereocenters. The predicted octanol–water partition coefficient (Wildman–Crippen LogP) is 4.20. The van der Waals surface area contributed by atoms with E-state index in [1.165, 1.54) is 0 Å². The number of carbonyl (C=O) groups is 1. The monoisotopic (exact) mass is 286 g/mol. The van der Waals surface area contributed by atoms with E-state index >= 15 is 0 Å². The molecular formula is C17H15ClO2. The highest BCUT2D eigenvalue weighted by Gasteiger charge is 2.24. The standard InChI is InChI=1S/C17H15ClO2/c1-2-11-20-17(19)16(13-7-4-3-5-8-13)14-9-6-10-15(18)12-14/h2-10,12,16H,1,11H2. The lowest BCUT2D eigenvalue weighted by Gasteiger charge is -2.16. The lowest BCUT2D eigenvalue weighted by atomic mass is 9.91. The zero-order valence-corrected chi connectivity index (χ0v) is 11.7. The lowest BCUT2D eigenvalue weighted by molar-refractivity contribution is -0.143. The summed E-state index contributed by atoms with van der Waals surface area (Å²) in [5, 5.41) is 0.597. The lowest BCUT2D eigenvalue weighted by Crippen LogP contribution is -2.17. The molecule has 1 atom stereocenters. The van der Waals surface area contributed by atoms with Crippen molar-refractivity contribution in [3.8, 4) is 0 Å². The van der Waals surface area contributed by atoms with Crippen molar-refractivity contribution in [1.82, 2.24) is 0 Å². The number of rotatable bonds is 5. The molecule has 0 saturated carbocycles. The molecule has 3 heteroatoms. The Morgan fingerprint density at radius 3 is 2.50 bits per heavy atom. The first-order valence-corrected chi connectivity index (χ1v) is 6.68. The number of ether oxygens (including phenoxy) is 1. The summed E-state index contributed by atoms with van der Waals surface area (Å²) in [5.74, 6) is -0.784. The Balaban J connectivity index is 2.39. The van der Waals surface area contributed by atoms with Gasteiger partial charge in [0.05, 0.1) is 0 Å². The van der Waals surface area contributed by atoms with Gasteiger partial charge in [0.25, 0.3) is 0 Å². The molecule has 2 aromatic rings. The van der Waals surface area contributed by atoms with Gasteiger partial charge in [0.1, 0.15) is 12.5 Å². The number of benzene rings is 2. The second-order valence-corrected chi connectivity index (χ2v) is 4.75. The third kappa shape index (κ3) is 3.49. The third-order valence-corrected chi connectivity index (χ3v) is 3.13. The minimum Gasteiger partial charge on any atom is -0.461 e. The van der Waals surface area contributed by atoms with E-state index in [0.717, 1.165) is 11.1 Å². The molecule has 0 aliphatic rings. The van der Waals surface area contributed by atoms with Gasteiger partial charge in [-0.25, -0.2) is 0 Å². The van der Waals surface area contributed by atoms with Crippen LogP contribution in [0.5, 0.6) is 0 Å². The Hall–Kier alpha value is -2.06. The number of carbonyl (C=O) groups excluding carboxylic acids is 1. The molecule has 2 nitrogen and oxygen atoms in total. The highest BCUT2D eigenvalue weighted by Crippen LogP contribution is 2.27. The summed E-state index contributed by atoms with van der Waals surface area (Å²) >= 11 is 6.02. The molecule has 0 saturated heterocycles. The van der Waals surface area contributed by atoms with Crippen molar-refractivity contribution in [3.05, 3.63) is 83.4 Å². The SMILES string of the molecule is C=CCOC(=O)C(c1ccccc1)c1cccc(Cl)c1. The molecule has 102 valence electrons. The van der Waals surface area contributed by atoms with Gasteiger partial charge in [-0.1, -0.05) is 66.7 Å². The van der Waals surface area contributed by atoms with Crippen molar-refractivity contribution in [1.29, 1.82) is 0 Å². The van der Waals surface area contributed by atoms with E-state index in [2.05, 4.69) is 6.58 Å².